The van der Waals surface area contributed by atoms with Crippen LogP contribution in [0, 0.1) is 0 Å². The van der Waals surface area contributed by atoms with E-state index >= 15 is 0 Å². The third-order valence-corrected chi connectivity index (χ3v) is 4.54. The molecule has 0 aliphatic rings. The monoisotopic (exact) mass is 421 g/mol. The zero-order chi connectivity index (χ0) is 22.2. The molecule has 0 saturated carbocycles. The molecule has 0 atom stereocenters. The Morgan fingerprint density at radius 2 is 1.94 bits per heavy atom. The molecule has 8 nitrogen and oxygen atoms in total. The summed E-state index contributed by atoms with van der Waals surface area (Å²) < 4.78 is 6.58. The van der Waals surface area contributed by atoms with Crippen molar-refractivity contribution in [1.29, 1.82) is 0 Å². The second-order valence-electron chi connectivity index (χ2n) is 7.46. The van der Waals surface area contributed by atoms with E-state index in [9.17, 15) is 9.59 Å². The van der Waals surface area contributed by atoms with Crippen LogP contribution in [0.1, 0.15) is 12.0 Å². The lowest BCUT2D eigenvalue weighted by Gasteiger charge is -2.11. The molecule has 162 valence electrons. The third kappa shape index (κ3) is 6.68. The average molecular weight is 422 g/mol. The number of nitrogen functional groups attached to an aromatic ring is 1. The second kappa shape index (κ2) is 10.4. The van der Waals surface area contributed by atoms with Gasteiger partial charge < -0.3 is 15.4 Å². The molecule has 1 heterocycles. The van der Waals surface area contributed by atoms with Gasteiger partial charge in [0.2, 0.25) is 0 Å². The molecular formula is C23H27N5O3. The number of carbonyl (C=O) groups excluding carboxylic acids is 1. The van der Waals surface area contributed by atoms with Gasteiger partial charge in [-0.1, -0.05) is 24.3 Å². The molecule has 3 N–H and O–H groups in total. The van der Waals surface area contributed by atoms with Crippen molar-refractivity contribution in [3.63, 3.8) is 0 Å². The standard InChI is InChI=1S/C23H27N5O3/c1-27(2)12-5-13-31-23(30)25-20-9-3-6-17(14-20)16-28-22(29)11-10-21(26-28)18-7-4-8-19(24)15-18/h3-4,6-11,14-15H,5,12-13,16,24H2,1-2H3,(H,25,30). The zero-order valence-corrected chi connectivity index (χ0v) is 17.7. The largest absolute Gasteiger partial charge is 0.449 e. The minimum Gasteiger partial charge on any atom is -0.449 e. The molecule has 0 radical (unpaired) electrons. The Balaban J connectivity index is 1.67. The maximum Gasteiger partial charge on any atom is 0.411 e. The Labute approximate surface area is 181 Å². The quantitative estimate of drug-likeness (QED) is 0.428. The number of hydrogen-bond acceptors (Lipinski definition) is 6. The average Bonchev–Trinajstić information content (AvgIpc) is 2.73. The topological polar surface area (TPSA) is 102 Å². The summed E-state index contributed by atoms with van der Waals surface area (Å²) in [6, 6.07) is 17.7. The number of rotatable bonds is 8. The lowest BCUT2D eigenvalue weighted by molar-refractivity contribution is 0.156. The highest BCUT2D eigenvalue weighted by Crippen LogP contribution is 2.18. The number of nitrogens with zero attached hydrogens (tertiary/aromatic N) is 3. The van der Waals surface area contributed by atoms with Crippen LogP contribution in [-0.2, 0) is 11.3 Å². The molecule has 8 heteroatoms. The Morgan fingerprint density at radius 1 is 1.13 bits per heavy atom. The smallest absolute Gasteiger partial charge is 0.411 e. The van der Waals surface area contributed by atoms with Crippen molar-refractivity contribution < 1.29 is 9.53 Å². The van der Waals surface area contributed by atoms with Crippen molar-refractivity contribution in [1.82, 2.24) is 14.7 Å². The minimum atomic E-state index is -0.505. The maximum atomic E-state index is 12.3. The molecule has 1 aromatic heterocycles. The number of carbonyl (C=O) groups is 1. The van der Waals surface area contributed by atoms with Gasteiger partial charge in [-0.15, -0.1) is 0 Å². The highest BCUT2D eigenvalue weighted by atomic mass is 16.5. The maximum absolute atomic E-state index is 12.3. The van der Waals surface area contributed by atoms with Crippen LogP contribution in [-0.4, -0.2) is 48.0 Å². The van der Waals surface area contributed by atoms with E-state index in [1.165, 1.54) is 10.7 Å². The van der Waals surface area contributed by atoms with Gasteiger partial charge in [0.1, 0.15) is 0 Å². The molecule has 0 saturated heterocycles. The van der Waals surface area contributed by atoms with Gasteiger partial charge in [0.05, 0.1) is 18.8 Å². The number of nitrogens with one attached hydrogen (secondary N) is 1. The highest BCUT2D eigenvalue weighted by molar-refractivity contribution is 5.84. The van der Waals surface area contributed by atoms with Crippen LogP contribution in [0.4, 0.5) is 16.2 Å². The normalized spacial score (nSPS) is 10.8. The van der Waals surface area contributed by atoms with Crippen LogP contribution in [0.15, 0.2) is 65.5 Å². The summed E-state index contributed by atoms with van der Waals surface area (Å²) in [5.74, 6) is 0. The van der Waals surface area contributed by atoms with E-state index in [1.54, 1.807) is 24.3 Å². The number of aromatic nitrogens is 2. The predicted molar refractivity (Wildman–Crippen MR) is 122 cm³/mol. The van der Waals surface area contributed by atoms with Crippen LogP contribution >= 0.6 is 0 Å². The van der Waals surface area contributed by atoms with Gasteiger partial charge >= 0.3 is 6.09 Å². The van der Waals surface area contributed by atoms with Gasteiger partial charge in [-0.05, 0) is 56.4 Å². The summed E-state index contributed by atoms with van der Waals surface area (Å²) >= 11 is 0. The van der Waals surface area contributed by atoms with Crippen LogP contribution in [0.5, 0.6) is 0 Å². The SMILES string of the molecule is CN(C)CCCOC(=O)Nc1cccc(Cn2nc(-c3cccc(N)c3)ccc2=O)c1. The summed E-state index contributed by atoms with van der Waals surface area (Å²) in [6.07, 6.45) is 0.258. The van der Waals surface area contributed by atoms with Crippen molar-refractivity contribution in [3.8, 4) is 11.3 Å². The van der Waals surface area contributed by atoms with Crippen molar-refractivity contribution in [2.24, 2.45) is 0 Å². The van der Waals surface area contributed by atoms with E-state index in [1.807, 2.05) is 49.3 Å². The van der Waals surface area contributed by atoms with Gasteiger partial charge in [0.25, 0.3) is 5.56 Å². The molecule has 0 aliphatic heterocycles. The third-order valence-electron chi connectivity index (χ3n) is 4.54. The van der Waals surface area contributed by atoms with Crippen LogP contribution in [0.3, 0.4) is 0 Å². The van der Waals surface area contributed by atoms with Crippen molar-refractivity contribution in [3.05, 3.63) is 76.6 Å². The molecule has 0 fully saturated rings. The van der Waals surface area contributed by atoms with E-state index in [-0.39, 0.29) is 12.1 Å². The lowest BCUT2D eigenvalue weighted by atomic mass is 10.1. The fourth-order valence-electron chi connectivity index (χ4n) is 3.03. The van der Waals surface area contributed by atoms with Crippen molar-refractivity contribution in [2.75, 3.05) is 38.3 Å². The first-order valence-corrected chi connectivity index (χ1v) is 10.0. The Morgan fingerprint density at radius 3 is 2.71 bits per heavy atom. The van der Waals surface area contributed by atoms with Gasteiger partial charge in [-0.3, -0.25) is 10.1 Å². The van der Waals surface area contributed by atoms with E-state index in [0.29, 0.717) is 23.7 Å². The molecule has 2 aromatic carbocycles. The number of hydrogen-bond donors (Lipinski definition) is 2. The molecule has 1 amide bonds. The van der Waals surface area contributed by atoms with Crippen LogP contribution in [0.25, 0.3) is 11.3 Å². The molecular weight excluding hydrogens is 394 g/mol. The van der Waals surface area contributed by atoms with Crippen molar-refractivity contribution in [2.45, 2.75) is 13.0 Å². The fraction of sp³-hybridized carbons (Fsp3) is 0.261. The van der Waals surface area contributed by atoms with Gasteiger partial charge in [-0.2, -0.15) is 5.10 Å². The Kier molecular flexibility index (Phi) is 7.40. The Bertz CT molecular complexity index is 1090. The summed E-state index contributed by atoms with van der Waals surface area (Å²) in [6.45, 7) is 1.46. The second-order valence-corrected chi connectivity index (χ2v) is 7.46. The predicted octanol–water partition coefficient (Wildman–Crippen LogP) is 3.04. The fourth-order valence-corrected chi connectivity index (χ4v) is 3.03. The minimum absolute atomic E-state index is 0.216. The number of nitrogens with two attached hydrogens (primary N) is 1. The molecule has 0 bridgehead atoms. The van der Waals surface area contributed by atoms with Gasteiger partial charge in [0, 0.05) is 29.5 Å². The summed E-state index contributed by atoms with van der Waals surface area (Å²) in [4.78, 5) is 26.3. The van der Waals surface area contributed by atoms with Crippen LogP contribution < -0.4 is 16.6 Å². The lowest BCUT2D eigenvalue weighted by Crippen LogP contribution is -2.23. The highest BCUT2D eigenvalue weighted by Gasteiger charge is 2.07. The molecule has 0 aliphatic carbocycles. The number of amides is 1. The van der Waals surface area contributed by atoms with E-state index < -0.39 is 6.09 Å². The number of anilines is 2. The molecule has 0 unspecified atom stereocenters. The Hall–Kier alpha value is -3.65. The van der Waals surface area contributed by atoms with Crippen LogP contribution in [0.2, 0.25) is 0 Å². The zero-order valence-electron chi connectivity index (χ0n) is 17.7. The molecule has 0 spiro atoms. The molecule has 31 heavy (non-hydrogen) atoms. The number of ether oxygens (including phenoxy) is 1. The van der Waals surface area contributed by atoms with Gasteiger partial charge in [-0.25, -0.2) is 9.48 Å². The first-order chi connectivity index (χ1) is 14.9. The van der Waals surface area contributed by atoms with Crippen molar-refractivity contribution >= 4 is 17.5 Å². The summed E-state index contributed by atoms with van der Waals surface area (Å²) in [7, 11) is 3.94. The summed E-state index contributed by atoms with van der Waals surface area (Å²) in [5, 5.41) is 7.18. The van der Waals surface area contributed by atoms with E-state index in [2.05, 4.69) is 10.4 Å². The van der Waals surface area contributed by atoms with E-state index in [4.69, 9.17) is 10.5 Å². The molecule has 3 aromatic rings. The first kappa shape index (κ1) is 22.0. The molecule has 3 rings (SSSR count). The summed E-state index contributed by atoms with van der Waals surface area (Å²) in [5.41, 5.74) is 9.17. The van der Waals surface area contributed by atoms with Gasteiger partial charge in [0.15, 0.2) is 0 Å². The first-order valence-electron chi connectivity index (χ1n) is 10.0. The number of benzene rings is 2. The van der Waals surface area contributed by atoms with E-state index in [0.717, 1.165) is 24.1 Å².